The molecule has 0 bridgehead atoms. The summed E-state index contributed by atoms with van der Waals surface area (Å²) < 4.78 is 27.6. The number of sulfonamides is 1. The Labute approximate surface area is 203 Å². The van der Waals surface area contributed by atoms with Crippen molar-refractivity contribution < 1.29 is 22.8 Å². The molecule has 1 aliphatic rings. The van der Waals surface area contributed by atoms with Crippen LogP contribution in [0.2, 0.25) is 0 Å². The highest BCUT2D eigenvalue weighted by molar-refractivity contribution is 7.92. The number of pyridine rings is 1. The average molecular weight is 493 g/mol. The first-order chi connectivity index (χ1) is 16.7. The van der Waals surface area contributed by atoms with Crippen molar-refractivity contribution in [3.63, 3.8) is 0 Å². The number of fused-ring (bicyclic) bond motifs is 1. The second-order valence-corrected chi connectivity index (χ2v) is 10.2. The van der Waals surface area contributed by atoms with Crippen LogP contribution in [0.15, 0.2) is 77.8 Å². The molecule has 180 valence electrons. The maximum atomic E-state index is 13.2. The van der Waals surface area contributed by atoms with Crippen LogP contribution >= 0.6 is 0 Å². The number of carbonyl (C=O) groups is 3. The second-order valence-electron chi connectivity index (χ2n) is 8.51. The van der Waals surface area contributed by atoms with Gasteiger partial charge in [-0.3, -0.25) is 24.0 Å². The Morgan fingerprint density at radius 2 is 1.51 bits per heavy atom. The Bertz CT molecular complexity index is 1340. The number of hydrogen-bond acceptors (Lipinski definition) is 6. The Morgan fingerprint density at radius 1 is 0.914 bits per heavy atom. The zero-order valence-corrected chi connectivity index (χ0v) is 20.0. The average Bonchev–Trinajstić information content (AvgIpc) is 3.08. The van der Waals surface area contributed by atoms with Crippen molar-refractivity contribution in [2.24, 2.45) is 5.92 Å². The number of hydrogen-bond donors (Lipinski definition) is 2. The number of amides is 3. The van der Waals surface area contributed by atoms with E-state index < -0.39 is 33.8 Å². The molecule has 2 aromatic carbocycles. The zero-order valence-electron chi connectivity index (χ0n) is 19.1. The summed E-state index contributed by atoms with van der Waals surface area (Å²) in [5, 5.41) is 2.71. The first-order valence-electron chi connectivity index (χ1n) is 11.0. The van der Waals surface area contributed by atoms with Crippen molar-refractivity contribution in [3.8, 4) is 0 Å². The van der Waals surface area contributed by atoms with Crippen LogP contribution in [0, 0.1) is 5.92 Å². The molecule has 0 saturated heterocycles. The van der Waals surface area contributed by atoms with Gasteiger partial charge in [-0.2, -0.15) is 0 Å². The first-order valence-corrected chi connectivity index (χ1v) is 12.5. The van der Waals surface area contributed by atoms with Gasteiger partial charge >= 0.3 is 0 Å². The highest BCUT2D eigenvalue weighted by Gasteiger charge is 2.42. The summed E-state index contributed by atoms with van der Waals surface area (Å²) in [5.41, 5.74) is 0.875. The maximum absolute atomic E-state index is 13.2. The molecule has 3 amide bonds. The van der Waals surface area contributed by atoms with Gasteiger partial charge in [0.05, 0.1) is 16.0 Å². The molecular weight excluding hydrogens is 468 g/mol. The molecule has 0 spiro atoms. The van der Waals surface area contributed by atoms with E-state index in [4.69, 9.17) is 0 Å². The van der Waals surface area contributed by atoms with Crippen LogP contribution in [0.25, 0.3) is 0 Å². The van der Waals surface area contributed by atoms with Gasteiger partial charge in [0.15, 0.2) is 0 Å². The predicted octanol–water partition coefficient (Wildman–Crippen LogP) is 3.53. The normalized spacial score (nSPS) is 14.1. The molecule has 2 heterocycles. The van der Waals surface area contributed by atoms with E-state index in [1.54, 1.807) is 36.4 Å². The smallest absolute Gasteiger partial charge is 0.263 e. The number of aromatic nitrogens is 1. The van der Waals surface area contributed by atoms with E-state index in [0.717, 1.165) is 4.90 Å². The third-order valence-electron chi connectivity index (χ3n) is 5.47. The molecule has 1 aromatic heterocycles. The van der Waals surface area contributed by atoms with Crippen LogP contribution in [0.5, 0.6) is 0 Å². The number of rotatable bonds is 8. The van der Waals surface area contributed by atoms with E-state index in [-0.39, 0.29) is 34.2 Å². The molecule has 9 nitrogen and oxygen atoms in total. The largest absolute Gasteiger partial charge is 0.324 e. The molecule has 4 rings (SSSR count). The number of imide groups is 1. The molecule has 0 fully saturated rings. The fourth-order valence-electron chi connectivity index (χ4n) is 3.83. The third kappa shape index (κ3) is 5.07. The van der Waals surface area contributed by atoms with Gasteiger partial charge in [-0.1, -0.05) is 32.0 Å². The topological polar surface area (TPSA) is 126 Å². The van der Waals surface area contributed by atoms with E-state index in [9.17, 15) is 22.8 Å². The van der Waals surface area contributed by atoms with E-state index in [0.29, 0.717) is 5.69 Å². The molecule has 1 atom stereocenters. The lowest BCUT2D eigenvalue weighted by Crippen LogP contribution is -2.47. The minimum atomic E-state index is -3.87. The zero-order chi connectivity index (χ0) is 25.2. The first kappa shape index (κ1) is 24.1. The lowest BCUT2D eigenvalue weighted by Gasteiger charge is -2.26. The van der Waals surface area contributed by atoms with Gasteiger partial charge in [0.2, 0.25) is 5.91 Å². The van der Waals surface area contributed by atoms with Gasteiger partial charge < -0.3 is 5.32 Å². The van der Waals surface area contributed by atoms with Gasteiger partial charge in [0, 0.05) is 11.9 Å². The minimum Gasteiger partial charge on any atom is -0.324 e. The van der Waals surface area contributed by atoms with Crippen LogP contribution < -0.4 is 10.0 Å². The van der Waals surface area contributed by atoms with Gasteiger partial charge in [-0.05, 0) is 60.9 Å². The van der Waals surface area contributed by atoms with Gasteiger partial charge in [-0.15, -0.1) is 0 Å². The molecule has 0 aliphatic carbocycles. The van der Waals surface area contributed by atoms with Crippen molar-refractivity contribution in [2.75, 3.05) is 10.0 Å². The van der Waals surface area contributed by atoms with Crippen LogP contribution in [0.3, 0.4) is 0 Å². The number of anilines is 2. The summed E-state index contributed by atoms with van der Waals surface area (Å²) in [6.45, 7) is 3.79. The SMILES string of the molecule is CC(C)C[C@@H](C(=O)Nc1ccc(S(=O)(=O)Nc2ccccn2)cc1)N1C(=O)c2ccccc2C1=O. The number of benzene rings is 2. The Hall–Kier alpha value is -4.05. The third-order valence-corrected chi connectivity index (χ3v) is 6.84. The van der Waals surface area contributed by atoms with Crippen LogP contribution in [0.4, 0.5) is 11.5 Å². The molecule has 2 N–H and O–H groups in total. The molecule has 10 heteroatoms. The Morgan fingerprint density at radius 3 is 2.06 bits per heavy atom. The molecule has 35 heavy (non-hydrogen) atoms. The van der Waals surface area contributed by atoms with Gasteiger partial charge in [0.1, 0.15) is 11.9 Å². The lowest BCUT2D eigenvalue weighted by molar-refractivity contribution is -0.120. The summed E-state index contributed by atoms with van der Waals surface area (Å²) in [7, 11) is -3.87. The fourth-order valence-corrected chi connectivity index (χ4v) is 4.84. The van der Waals surface area contributed by atoms with Crippen molar-refractivity contribution >= 4 is 39.3 Å². The van der Waals surface area contributed by atoms with Crippen LogP contribution in [-0.4, -0.2) is 42.1 Å². The highest BCUT2D eigenvalue weighted by atomic mass is 32.2. The summed E-state index contributed by atoms with van der Waals surface area (Å²) in [6.07, 6.45) is 1.75. The Balaban J connectivity index is 1.52. The van der Waals surface area contributed by atoms with Crippen LogP contribution in [-0.2, 0) is 14.8 Å². The highest BCUT2D eigenvalue weighted by Crippen LogP contribution is 2.28. The van der Waals surface area contributed by atoms with Gasteiger partial charge in [0.25, 0.3) is 21.8 Å². The Kier molecular flexibility index (Phi) is 6.65. The predicted molar refractivity (Wildman–Crippen MR) is 130 cm³/mol. The molecule has 0 unspecified atom stereocenters. The second kappa shape index (κ2) is 9.67. The lowest BCUT2D eigenvalue weighted by atomic mass is 10.0. The van der Waals surface area contributed by atoms with Gasteiger partial charge in [-0.25, -0.2) is 13.4 Å². The van der Waals surface area contributed by atoms with Crippen molar-refractivity contribution in [1.29, 1.82) is 0 Å². The minimum absolute atomic E-state index is 0.0137. The van der Waals surface area contributed by atoms with E-state index >= 15 is 0 Å². The summed E-state index contributed by atoms with van der Waals surface area (Å²) in [4.78, 5) is 44.0. The van der Waals surface area contributed by atoms with E-state index in [2.05, 4.69) is 15.0 Å². The number of carbonyl (C=O) groups excluding carboxylic acids is 3. The number of nitrogens with one attached hydrogen (secondary N) is 2. The van der Waals surface area contributed by atoms with E-state index in [1.807, 2.05) is 13.8 Å². The maximum Gasteiger partial charge on any atom is 0.263 e. The van der Waals surface area contributed by atoms with Crippen molar-refractivity contribution in [2.45, 2.75) is 31.2 Å². The van der Waals surface area contributed by atoms with E-state index in [1.165, 1.54) is 36.5 Å². The number of nitrogens with zero attached hydrogens (tertiary/aromatic N) is 2. The molecular formula is C25H24N4O5S. The van der Waals surface area contributed by atoms with Crippen molar-refractivity contribution in [1.82, 2.24) is 9.88 Å². The molecule has 0 saturated carbocycles. The summed E-state index contributed by atoms with van der Waals surface area (Å²) >= 11 is 0. The molecule has 1 aliphatic heterocycles. The monoisotopic (exact) mass is 492 g/mol. The quantitative estimate of drug-likeness (QED) is 0.464. The molecule has 0 radical (unpaired) electrons. The standard InChI is InChI=1S/C25H24N4O5S/c1-16(2)15-21(29-24(31)19-7-3-4-8-20(19)25(29)32)23(30)27-17-10-12-18(13-11-17)35(33,34)28-22-9-5-6-14-26-22/h3-14,16,21H,15H2,1-2H3,(H,26,28)(H,27,30)/t21-/m0/s1. The molecule has 3 aromatic rings. The van der Waals surface area contributed by atoms with Crippen molar-refractivity contribution in [3.05, 3.63) is 84.1 Å². The fraction of sp³-hybridized carbons (Fsp3) is 0.200. The summed E-state index contributed by atoms with van der Waals surface area (Å²) in [5.74, 6) is -1.33. The van der Waals surface area contributed by atoms with Crippen LogP contribution in [0.1, 0.15) is 41.0 Å². The summed E-state index contributed by atoms with van der Waals surface area (Å²) in [6, 6.07) is 15.9.